The number of nitrogens with zero attached hydrogens (tertiary/aromatic N) is 2. The molecule has 0 N–H and O–H groups in total. The van der Waals surface area contributed by atoms with Crippen molar-refractivity contribution in [2.24, 2.45) is 7.05 Å². The number of para-hydroxylation sites is 1. The van der Waals surface area contributed by atoms with Crippen molar-refractivity contribution in [1.29, 1.82) is 0 Å². The molecule has 0 spiro atoms. The minimum absolute atomic E-state index is 0. The lowest BCUT2D eigenvalue weighted by atomic mass is 10.0. The van der Waals surface area contributed by atoms with Crippen LogP contribution in [-0.2, 0) is 13.6 Å². The first kappa shape index (κ1) is 40.0. The van der Waals surface area contributed by atoms with Crippen molar-refractivity contribution in [3.05, 3.63) is 83.7 Å². The highest BCUT2D eigenvalue weighted by Gasteiger charge is 2.29. The number of aryl methyl sites for hydroxylation is 1. The molecule has 0 aliphatic rings. The second kappa shape index (κ2) is 23.2. The van der Waals surface area contributed by atoms with E-state index in [1.807, 2.05) is 36.0 Å². The molecular formula is C39H55IN2O5. The van der Waals surface area contributed by atoms with Crippen LogP contribution in [0.4, 0.5) is 0 Å². The summed E-state index contributed by atoms with van der Waals surface area (Å²) in [6, 6.07) is 17.7. The molecule has 7 nitrogen and oxygen atoms in total. The lowest BCUT2D eigenvalue weighted by Crippen LogP contribution is -3.00. The summed E-state index contributed by atoms with van der Waals surface area (Å²) in [6.45, 7) is 2.95. The van der Waals surface area contributed by atoms with E-state index in [1.165, 1.54) is 89.1 Å². The number of carbonyl (C=O) groups excluding carboxylic acids is 2. The standard InChI is InChI=1S/C39H55N2O5.HI/c1-5-6-7-8-9-10-11-12-13-14-15-16-17-22-29-46-36-27-26-32(30-37(36)45-4)38(42)41(31-33-23-20-21-28-40(33)2)39(43)34-24-18-19-25-35(34)44-3;/h18-21,23-28,30H,5-17,22,29,31H2,1-4H3;1H/q+1;/p-1. The molecule has 2 amide bonds. The van der Waals surface area contributed by atoms with Gasteiger partial charge in [0.05, 0.1) is 26.4 Å². The summed E-state index contributed by atoms with van der Waals surface area (Å²) in [5, 5.41) is 0. The molecule has 0 saturated carbocycles. The Kier molecular flexibility index (Phi) is 19.8. The summed E-state index contributed by atoms with van der Waals surface area (Å²) >= 11 is 0. The van der Waals surface area contributed by atoms with E-state index < -0.39 is 11.8 Å². The van der Waals surface area contributed by atoms with Gasteiger partial charge < -0.3 is 38.2 Å². The Hall–Kier alpha value is -3.14. The van der Waals surface area contributed by atoms with Crippen LogP contribution in [0.3, 0.4) is 0 Å². The van der Waals surface area contributed by atoms with Gasteiger partial charge >= 0.3 is 0 Å². The highest BCUT2D eigenvalue weighted by atomic mass is 127. The second-order valence-corrected chi connectivity index (χ2v) is 12.0. The molecule has 1 heterocycles. The number of ether oxygens (including phenoxy) is 3. The smallest absolute Gasteiger partial charge is 0.265 e. The zero-order valence-corrected chi connectivity index (χ0v) is 31.1. The average Bonchev–Trinajstić information content (AvgIpc) is 3.09. The number of pyridine rings is 1. The predicted octanol–water partition coefficient (Wildman–Crippen LogP) is 5.88. The molecule has 0 aliphatic heterocycles. The minimum atomic E-state index is -0.441. The number of methoxy groups -OCH3 is 2. The quantitative estimate of drug-likeness (QED) is 0.0555. The summed E-state index contributed by atoms with van der Waals surface area (Å²) in [5.41, 5.74) is 1.46. The van der Waals surface area contributed by atoms with Crippen LogP contribution in [-0.4, -0.2) is 37.5 Å². The van der Waals surface area contributed by atoms with E-state index >= 15 is 0 Å². The van der Waals surface area contributed by atoms with Gasteiger partial charge in [-0.25, -0.2) is 4.57 Å². The van der Waals surface area contributed by atoms with Gasteiger partial charge in [-0.1, -0.05) is 109 Å². The molecule has 0 atom stereocenters. The van der Waals surface area contributed by atoms with Crippen molar-refractivity contribution in [3.8, 4) is 17.2 Å². The number of benzene rings is 2. The first-order valence-electron chi connectivity index (χ1n) is 17.2. The van der Waals surface area contributed by atoms with Crippen molar-refractivity contribution >= 4 is 11.8 Å². The van der Waals surface area contributed by atoms with Crippen molar-refractivity contribution < 1.29 is 52.3 Å². The molecule has 1 aromatic heterocycles. The fourth-order valence-corrected chi connectivity index (χ4v) is 5.64. The number of imide groups is 1. The number of amides is 2. The highest BCUT2D eigenvalue weighted by Crippen LogP contribution is 2.30. The maximum atomic E-state index is 13.9. The molecule has 0 saturated heterocycles. The van der Waals surface area contributed by atoms with E-state index in [4.69, 9.17) is 14.2 Å². The van der Waals surface area contributed by atoms with Crippen molar-refractivity contribution in [3.63, 3.8) is 0 Å². The third-order valence-electron chi connectivity index (χ3n) is 8.48. The second-order valence-electron chi connectivity index (χ2n) is 12.0. The molecule has 0 radical (unpaired) electrons. The fraction of sp³-hybridized carbons (Fsp3) is 0.513. The topological polar surface area (TPSA) is 69.0 Å². The molecule has 3 aromatic rings. The third kappa shape index (κ3) is 13.5. The SMILES string of the molecule is CCCCCCCCCCCCCCCCOc1ccc(C(=O)N(Cc2cccc[n+]2C)C(=O)c2ccccc2OC)cc1OC.[I-]. The van der Waals surface area contributed by atoms with Crippen LogP contribution in [0.1, 0.15) is 123 Å². The van der Waals surface area contributed by atoms with Gasteiger partial charge in [0.15, 0.2) is 17.7 Å². The van der Waals surface area contributed by atoms with E-state index in [2.05, 4.69) is 6.92 Å². The van der Waals surface area contributed by atoms with Crippen LogP contribution in [0.2, 0.25) is 0 Å². The van der Waals surface area contributed by atoms with Crippen LogP contribution in [0, 0.1) is 0 Å². The molecule has 0 unspecified atom stereocenters. The van der Waals surface area contributed by atoms with Crippen molar-refractivity contribution in [2.75, 3.05) is 20.8 Å². The molecule has 47 heavy (non-hydrogen) atoms. The summed E-state index contributed by atoms with van der Waals surface area (Å²) < 4.78 is 19.0. The molecule has 0 fully saturated rings. The molecule has 258 valence electrons. The summed E-state index contributed by atoms with van der Waals surface area (Å²) in [6.07, 6.45) is 20.2. The lowest BCUT2D eigenvalue weighted by molar-refractivity contribution is -0.679. The van der Waals surface area contributed by atoms with E-state index in [0.717, 1.165) is 18.5 Å². The number of halogens is 1. The van der Waals surface area contributed by atoms with E-state index in [0.29, 0.717) is 35.0 Å². The number of hydrogen-bond acceptors (Lipinski definition) is 5. The van der Waals surface area contributed by atoms with Gasteiger partial charge in [-0.15, -0.1) is 0 Å². The maximum Gasteiger partial charge on any atom is 0.265 e. The van der Waals surface area contributed by atoms with Crippen LogP contribution in [0.25, 0.3) is 0 Å². The van der Waals surface area contributed by atoms with Gasteiger partial charge in [0.2, 0.25) is 5.69 Å². The number of carbonyl (C=O) groups is 2. The van der Waals surface area contributed by atoms with Gasteiger partial charge in [-0.2, -0.15) is 0 Å². The first-order chi connectivity index (χ1) is 22.5. The normalized spacial score (nSPS) is 10.6. The first-order valence-corrected chi connectivity index (χ1v) is 17.2. The van der Waals surface area contributed by atoms with Gasteiger partial charge in [-0.3, -0.25) is 14.5 Å². The van der Waals surface area contributed by atoms with Gasteiger partial charge in [0.25, 0.3) is 11.8 Å². The Morgan fingerprint density at radius 1 is 0.660 bits per heavy atom. The molecule has 2 aromatic carbocycles. The van der Waals surface area contributed by atoms with Crippen LogP contribution in [0.5, 0.6) is 17.2 Å². The van der Waals surface area contributed by atoms with Gasteiger partial charge in [0, 0.05) is 17.7 Å². The number of hydrogen-bond donors (Lipinski definition) is 0. The Morgan fingerprint density at radius 2 is 1.23 bits per heavy atom. The van der Waals surface area contributed by atoms with Crippen molar-refractivity contribution in [2.45, 2.75) is 103 Å². The van der Waals surface area contributed by atoms with Crippen molar-refractivity contribution in [1.82, 2.24) is 4.90 Å². The van der Waals surface area contributed by atoms with E-state index in [9.17, 15) is 9.59 Å². The summed E-state index contributed by atoms with van der Waals surface area (Å²) in [5.74, 6) is 0.588. The van der Waals surface area contributed by atoms with Crippen LogP contribution < -0.4 is 42.8 Å². The molecule has 0 aliphatic carbocycles. The minimum Gasteiger partial charge on any atom is -1.00 e. The Bertz CT molecular complexity index is 1350. The average molecular weight is 759 g/mol. The fourth-order valence-electron chi connectivity index (χ4n) is 5.64. The lowest BCUT2D eigenvalue weighted by Gasteiger charge is -2.21. The molecule has 3 rings (SSSR count). The molecule has 8 heteroatoms. The predicted molar refractivity (Wildman–Crippen MR) is 184 cm³/mol. The largest absolute Gasteiger partial charge is 1.00 e. The van der Waals surface area contributed by atoms with Gasteiger partial charge in [-0.05, 0) is 36.8 Å². The van der Waals surface area contributed by atoms with Crippen LogP contribution >= 0.6 is 0 Å². The molecule has 0 bridgehead atoms. The Morgan fingerprint density at radius 3 is 1.83 bits per heavy atom. The van der Waals surface area contributed by atoms with Crippen LogP contribution in [0.15, 0.2) is 66.9 Å². The van der Waals surface area contributed by atoms with E-state index in [1.54, 1.807) is 49.6 Å². The molecular weight excluding hydrogens is 703 g/mol. The Balaban J connectivity index is 0.00000768. The monoisotopic (exact) mass is 758 g/mol. The third-order valence-corrected chi connectivity index (χ3v) is 8.48. The summed E-state index contributed by atoms with van der Waals surface area (Å²) in [4.78, 5) is 29.0. The summed E-state index contributed by atoms with van der Waals surface area (Å²) in [7, 11) is 4.96. The Labute approximate surface area is 300 Å². The zero-order valence-electron chi connectivity index (χ0n) is 29.0. The zero-order chi connectivity index (χ0) is 33.0. The van der Waals surface area contributed by atoms with Gasteiger partial charge in [0.1, 0.15) is 19.3 Å². The number of unbranched alkanes of at least 4 members (excludes halogenated alkanes) is 13. The number of rotatable bonds is 22. The highest BCUT2D eigenvalue weighted by molar-refractivity contribution is 6.11. The number of aromatic nitrogens is 1. The maximum absolute atomic E-state index is 13.9. The van der Waals surface area contributed by atoms with E-state index in [-0.39, 0.29) is 30.5 Å².